The Morgan fingerprint density at radius 2 is 1.90 bits per heavy atom. The van der Waals surface area contributed by atoms with E-state index in [4.69, 9.17) is 0 Å². The molecule has 1 aromatic carbocycles. The zero-order valence-electron chi connectivity index (χ0n) is 11.3. The highest BCUT2D eigenvalue weighted by Crippen LogP contribution is 2.26. The number of hydrogen-bond donors (Lipinski definition) is 1. The number of pyridine rings is 2. The topological polar surface area (TPSA) is 37.8 Å². The van der Waals surface area contributed by atoms with Crippen LogP contribution in [0.3, 0.4) is 0 Å². The molecule has 0 amide bonds. The van der Waals surface area contributed by atoms with Crippen LogP contribution in [0.2, 0.25) is 0 Å². The van der Waals surface area contributed by atoms with Crippen LogP contribution in [0.15, 0.2) is 60.2 Å². The zero-order valence-corrected chi connectivity index (χ0v) is 12.1. The highest BCUT2D eigenvalue weighted by atomic mass is 32.1. The summed E-state index contributed by atoms with van der Waals surface area (Å²) in [5, 5.41) is 7.87. The van der Waals surface area contributed by atoms with Crippen LogP contribution >= 0.6 is 11.3 Å². The summed E-state index contributed by atoms with van der Waals surface area (Å²) in [7, 11) is 0. The molecule has 0 aliphatic heterocycles. The number of anilines is 1. The lowest BCUT2D eigenvalue weighted by molar-refractivity contribution is 1.13. The summed E-state index contributed by atoms with van der Waals surface area (Å²) < 4.78 is 1.25. The SMILES string of the molecule is c1cnc2c(CNc3nccc4sccc34)cccc2c1. The Labute approximate surface area is 126 Å². The molecular weight excluding hydrogens is 278 g/mol. The number of fused-ring (bicyclic) bond motifs is 2. The average molecular weight is 291 g/mol. The number of rotatable bonds is 3. The Morgan fingerprint density at radius 3 is 2.90 bits per heavy atom. The van der Waals surface area contributed by atoms with Crippen LogP contribution in [0.1, 0.15) is 5.56 Å². The summed E-state index contributed by atoms with van der Waals surface area (Å²) in [5.41, 5.74) is 2.23. The van der Waals surface area contributed by atoms with Gasteiger partial charge in [0.1, 0.15) is 5.82 Å². The Kier molecular flexibility index (Phi) is 3.01. The minimum Gasteiger partial charge on any atom is -0.365 e. The molecule has 0 aliphatic carbocycles. The Balaban J connectivity index is 1.68. The van der Waals surface area contributed by atoms with Gasteiger partial charge in [0, 0.05) is 34.4 Å². The third kappa shape index (κ3) is 2.23. The molecule has 0 atom stereocenters. The van der Waals surface area contributed by atoms with Crippen molar-refractivity contribution in [3.8, 4) is 0 Å². The second-order valence-corrected chi connectivity index (χ2v) is 5.79. The van der Waals surface area contributed by atoms with E-state index in [0.29, 0.717) is 0 Å². The molecule has 0 bridgehead atoms. The monoisotopic (exact) mass is 291 g/mol. The van der Waals surface area contributed by atoms with Crippen molar-refractivity contribution in [2.24, 2.45) is 0 Å². The van der Waals surface area contributed by atoms with E-state index in [1.165, 1.54) is 21.0 Å². The van der Waals surface area contributed by atoms with Crippen molar-refractivity contribution in [3.05, 3.63) is 65.8 Å². The first-order valence-corrected chi connectivity index (χ1v) is 7.68. The first-order chi connectivity index (χ1) is 10.4. The van der Waals surface area contributed by atoms with Crippen LogP contribution in [0, 0.1) is 0 Å². The Morgan fingerprint density at radius 1 is 0.952 bits per heavy atom. The van der Waals surface area contributed by atoms with Gasteiger partial charge in [-0.2, -0.15) is 0 Å². The Hall–Kier alpha value is -2.46. The maximum atomic E-state index is 4.49. The van der Waals surface area contributed by atoms with Crippen LogP contribution < -0.4 is 5.32 Å². The summed E-state index contributed by atoms with van der Waals surface area (Å²) >= 11 is 1.73. The van der Waals surface area contributed by atoms with Crippen molar-refractivity contribution in [1.82, 2.24) is 9.97 Å². The van der Waals surface area contributed by atoms with E-state index in [1.54, 1.807) is 11.3 Å². The number of hydrogen-bond acceptors (Lipinski definition) is 4. The summed E-state index contributed by atoms with van der Waals surface area (Å²) in [5.74, 6) is 0.932. The molecule has 3 aromatic heterocycles. The van der Waals surface area contributed by atoms with Crippen LogP contribution in [0.5, 0.6) is 0 Å². The fraction of sp³-hybridized carbons (Fsp3) is 0.0588. The number of para-hydroxylation sites is 1. The van der Waals surface area contributed by atoms with Gasteiger partial charge in [-0.3, -0.25) is 4.98 Å². The number of benzene rings is 1. The van der Waals surface area contributed by atoms with Gasteiger partial charge in [0.2, 0.25) is 0 Å². The van der Waals surface area contributed by atoms with Gasteiger partial charge in [0.05, 0.1) is 5.52 Å². The smallest absolute Gasteiger partial charge is 0.134 e. The third-order valence-corrected chi connectivity index (χ3v) is 4.42. The third-order valence-electron chi connectivity index (χ3n) is 3.54. The van der Waals surface area contributed by atoms with Crippen molar-refractivity contribution in [3.63, 3.8) is 0 Å². The number of nitrogens with one attached hydrogen (secondary N) is 1. The van der Waals surface area contributed by atoms with Gasteiger partial charge in [-0.15, -0.1) is 11.3 Å². The minimum atomic E-state index is 0.719. The highest BCUT2D eigenvalue weighted by Gasteiger charge is 2.05. The standard InChI is InChI=1S/C17H13N3S/c1-3-12-5-2-8-18-16(12)13(4-1)11-20-17-14-7-10-21-15(14)6-9-19-17/h1-10H,11H2,(H,19,20). The van der Waals surface area contributed by atoms with Crippen molar-refractivity contribution in [2.75, 3.05) is 5.32 Å². The summed E-state index contributed by atoms with van der Waals surface area (Å²) in [4.78, 5) is 8.94. The second kappa shape index (κ2) is 5.14. The predicted octanol–water partition coefficient (Wildman–Crippen LogP) is 4.46. The van der Waals surface area contributed by atoms with Crippen LogP contribution in [-0.2, 0) is 6.54 Å². The van der Waals surface area contributed by atoms with Crippen LogP contribution in [0.4, 0.5) is 5.82 Å². The Bertz CT molecular complexity index is 909. The number of nitrogens with zero attached hydrogens (tertiary/aromatic N) is 2. The van der Waals surface area contributed by atoms with Crippen LogP contribution in [-0.4, -0.2) is 9.97 Å². The quantitative estimate of drug-likeness (QED) is 0.605. The molecule has 21 heavy (non-hydrogen) atoms. The van der Waals surface area contributed by atoms with Crippen molar-refractivity contribution in [2.45, 2.75) is 6.54 Å². The molecule has 0 saturated carbocycles. The van der Waals surface area contributed by atoms with Crippen LogP contribution in [0.25, 0.3) is 21.0 Å². The van der Waals surface area contributed by atoms with Gasteiger partial charge >= 0.3 is 0 Å². The van der Waals surface area contributed by atoms with E-state index in [2.05, 4.69) is 51.0 Å². The van der Waals surface area contributed by atoms with Gasteiger partial charge in [-0.25, -0.2) is 4.98 Å². The molecule has 0 spiro atoms. The first-order valence-electron chi connectivity index (χ1n) is 6.80. The fourth-order valence-corrected chi connectivity index (χ4v) is 3.31. The second-order valence-electron chi connectivity index (χ2n) is 4.84. The lowest BCUT2D eigenvalue weighted by Gasteiger charge is -2.09. The molecule has 3 nitrogen and oxygen atoms in total. The van der Waals surface area contributed by atoms with E-state index in [0.717, 1.165) is 17.9 Å². The van der Waals surface area contributed by atoms with E-state index < -0.39 is 0 Å². The normalized spacial score (nSPS) is 11.0. The van der Waals surface area contributed by atoms with Crippen molar-refractivity contribution in [1.29, 1.82) is 0 Å². The maximum absolute atomic E-state index is 4.49. The lowest BCUT2D eigenvalue weighted by atomic mass is 10.1. The fourth-order valence-electron chi connectivity index (χ4n) is 2.52. The van der Waals surface area contributed by atoms with Gasteiger partial charge in [-0.05, 0) is 29.1 Å². The molecule has 0 unspecified atom stereocenters. The average Bonchev–Trinajstić information content (AvgIpc) is 3.02. The zero-order chi connectivity index (χ0) is 14.1. The van der Waals surface area contributed by atoms with E-state index >= 15 is 0 Å². The van der Waals surface area contributed by atoms with E-state index in [9.17, 15) is 0 Å². The molecule has 0 radical (unpaired) electrons. The van der Waals surface area contributed by atoms with E-state index in [-0.39, 0.29) is 0 Å². The molecule has 0 saturated heterocycles. The molecular formula is C17H13N3S. The largest absolute Gasteiger partial charge is 0.365 e. The lowest BCUT2D eigenvalue weighted by Crippen LogP contribution is -2.02. The van der Waals surface area contributed by atoms with Crippen molar-refractivity contribution >= 4 is 38.1 Å². The van der Waals surface area contributed by atoms with Gasteiger partial charge in [0.15, 0.2) is 0 Å². The molecule has 1 N–H and O–H groups in total. The van der Waals surface area contributed by atoms with Gasteiger partial charge < -0.3 is 5.32 Å². The number of thiophene rings is 1. The van der Waals surface area contributed by atoms with E-state index in [1.807, 2.05) is 24.5 Å². The molecule has 102 valence electrons. The molecule has 3 heterocycles. The predicted molar refractivity (Wildman–Crippen MR) is 88.7 cm³/mol. The molecule has 4 heteroatoms. The molecule has 0 aliphatic rings. The summed E-state index contributed by atoms with van der Waals surface area (Å²) in [6.07, 6.45) is 3.69. The molecule has 4 aromatic rings. The number of aromatic nitrogens is 2. The van der Waals surface area contributed by atoms with Gasteiger partial charge in [-0.1, -0.05) is 24.3 Å². The van der Waals surface area contributed by atoms with Gasteiger partial charge in [0.25, 0.3) is 0 Å². The maximum Gasteiger partial charge on any atom is 0.134 e. The molecule has 4 rings (SSSR count). The summed E-state index contributed by atoms with van der Waals surface area (Å²) in [6.45, 7) is 0.719. The molecule has 0 fully saturated rings. The highest BCUT2D eigenvalue weighted by molar-refractivity contribution is 7.17. The van der Waals surface area contributed by atoms with Crippen molar-refractivity contribution < 1.29 is 0 Å². The minimum absolute atomic E-state index is 0.719. The summed E-state index contributed by atoms with van der Waals surface area (Å²) in [6, 6.07) is 14.5. The first kappa shape index (κ1) is 12.3.